The molecule has 1 aliphatic carbocycles. The molecule has 2 aliphatic heterocycles. The van der Waals surface area contributed by atoms with E-state index in [2.05, 4.69) is 12.2 Å². The topological polar surface area (TPSA) is 72.8 Å². The Labute approximate surface area is 120 Å². The number of hydrogen-bond donors (Lipinski definition) is 3. The van der Waals surface area contributed by atoms with Crippen LogP contribution in [0.15, 0.2) is 0 Å². The molecule has 5 atom stereocenters. The highest BCUT2D eigenvalue weighted by Crippen LogP contribution is 2.39. The van der Waals surface area contributed by atoms with Crippen LogP contribution in [0.2, 0.25) is 0 Å². The van der Waals surface area contributed by atoms with Crippen LogP contribution in [0.4, 0.5) is 0 Å². The minimum Gasteiger partial charge on any atom is -0.390 e. The number of nitrogens with one attached hydrogen (secondary N) is 1. The van der Waals surface area contributed by atoms with E-state index in [1.807, 2.05) is 4.90 Å². The monoisotopic (exact) mass is 282 g/mol. The van der Waals surface area contributed by atoms with Crippen LogP contribution < -0.4 is 5.32 Å². The molecule has 1 amide bonds. The van der Waals surface area contributed by atoms with Gasteiger partial charge in [0.2, 0.25) is 5.91 Å². The lowest BCUT2D eigenvalue weighted by Crippen LogP contribution is -2.49. The van der Waals surface area contributed by atoms with Crippen LogP contribution in [0.25, 0.3) is 0 Å². The van der Waals surface area contributed by atoms with Gasteiger partial charge in [-0.15, -0.1) is 0 Å². The molecule has 3 N–H and O–H groups in total. The molecule has 0 aromatic heterocycles. The number of nitrogens with zero attached hydrogens (tertiary/aromatic N) is 1. The molecule has 0 bridgehead atoms. The third-order valence-electron chi connectivity index (χ3n) is 5.51. The van der Waals surface area contributed by atoms with Crippen molar-refractivity contribution in [1.29, 1.82) is 0 Å². The zero-order chi connectivity index (χ0) is 14.3. The van der Waals surface area contributed by atoms with Gasteiger partial charge in [0.15, 0.2) is 0 Å². The highest BCUT2D eigenvalue weighted by Gasteiger charge is 2.46. The van der Waals surface area contributed by atoms with E-state index >= 15 is 0 Å². The van der Waals surface area contributed by atoms with Gasteiger partial charge >= 0.3 is 0 Å². The molecule has 20 heavy (non-hydrogen) atoms. The lowest BCUT2D eigenvalue weighted by atomic mass is 9.79. The number of fused-ring (bicyclic) bond motifs is 1. The number of aliphatic hydroxyl groups is 2. The zero-order valence-corrected chi connectivity index (χ0v) is 12.2. The quantitative estimate of drug-likeness (QED) is 0.631. The summed E-state index contributed by atoms with van der Waals surface area (Å²) in [4.78, 5) is 14.8. The van der Waals surface area contributed by atoms with Gasteiger partial charge in [0, 0.05) is 19.6 Å². The molecule has 0 aromatic rings. The molecule has 2 heterocycles. The predicted molar refractivity (Wildman–Crippen MR) is 75.0 cm³/mol. The van der Waals surface area contributed by atoms with E-state index < -0.39 is 12.2 Å². The second kappa shape index (κ2) is 5.28. The van der Waals surface area contributed by atoms with Crippen molar-refractivity contribution in [3.8, 4) is 0 Å². The number of carbonyl (C=O) groups is 1. The van der Waals surface area contributed by atoms with E-state index in [4.69, 9.17) is 0 Å². The van der Waals surface area contributed by atoms with Crippen molar-refractivity contribution in [3.63, 3.8) is 0 Å². The van der Waals surface area contributed by atoms with Crippen LogP contribution in [0.5, 0.6) is 0 Å². The SMILES string of the molecule is CC1(C(=O)N2CC3CC(O)C(O)CC3C2)CCCNC1. The second-order valence-corrected chi connectivity index (χ2v) is 7.18. The third-order valence-corrected chi connectivity index (χ3v) is 5.51. The minimum absolute atomic E-state index is 0.253. The van der Waals surface area contributed by atoms with E-state index in [9.17, 15) is 15.0 Å². The molecule has 114 valence electrons. The van der Waals surface area contributed by atoms with Crippen molar-refractivity contribution >= 4 is 5.91 Å². The number of piperidine rings is 1. The van der Waals surface area contributed by atoms with Crippen LogP contribution in [-0.2, 0) is 4.79 Å². The summed E-state index contributed by atoms with van der Waals surface area (Å²) in [6.45, 7) is 5.34. The maximum absolute atomic E-state index is 12.8. The van der Waals surface area contributed by atoms with Gasteiger partial charge in [-0.3, -0.25) is 4.79 Å². The molecular formula is C15H26N2O3. The fourth-order valence-corrected chi connectivity index (χ4v) is 4.19. The number of carbonyl (C=O) groups excluding carboxylic acids is 1. The van der Waals surface area contributed by atoms with Crippen molar-refractivity contribution in [2.24, 2.45) is 17.3 Å². The first-order chi connectivity index (χ1) is 9.49. The molecule has 2 saturated heterocycles. The number of likely N-dealkylation sites (tertiary alicyclic amines) is 1. The number of amides is 1. The number of hydrogen-bond acceptors (Lipinski definition) is 4. The van der Waals surface area contributed by atoms with Crippen LogP contribution in [0, 0.1) is 17.3 Å². The largest absolute Gasteiger partial charge is 0.390 e. The van der Waals surface area contributed by atoms with Gasteiger partial charge in [0.1, 0.15) is 0 Å². The van der Waals surface area contributed by atoms with E-state index in [0.717, 1.165) is 39.0 Å². The second-order valence-electron chi connectivity index (χ2n) is 7.18. The smallest absolute Gasteiger partial charge is 0.229 e. The van der Waals surface area contributed by atoms with E-state index in [-0.39, 0.29) is 11.3 Å². The zero-order valence-electron chi connectivity index (χ0n) is 12.2. The van der Waals surface area contributed by atoms with Gasteiger partial charge in [-0.25, -0.2) is 0 Å². The summed E-state index contributed by atoms with van der Waals surface area (Å²) in [5, 5.41) is 22.9. The first kappa shape index (κ1) is 14.3. The molecule has 5 nitrogen and oxygen atoms in total. The van der Waals surface area contributed by atoms with Crippen molar-refractivity contribution in [3.05, 3.63) is 0 Å². The summed E-state index contributed by atoms with van der Waals surface area (Å²) in [6.07, 6.45) is 2.04. The van der Waals surface area contributed by atoms with Gasteiger partial charge in [0.05, 0.1) is 17.6 Å². The Morgan fingerprint density at radius 1 is 1.20 bits per heavy atom. The summed E-state index contributed by atoms with van der Waals surface area (Å²) in [6, 6.07) is 0. The maximum atomic E-state index is 12.8. The Balaban J connectivity index is 1.66. The lowest BCUT2D eigenvalue weighted by molar-refractivity contribution is -0.141. The molecular weight excluding hydrogens is 256 g/mol. The van der Waals surface area contributed by atoms with E-state index in [1.165, 1.54) is 0 Å². The van der Waals surface area contributed by atoms with E-state index in [1.54, 1.807) is 0 Å². The molecule has 5 unspecified atom stereocenters. The van der Waals surface area contributed by atoms with Crippen LogP contribution in [-0.4, -0.2) is 59.4 Å². The Hall–Kier alpha value is -0.650. The normalized spacial score (nSPS) is 45.2. The lowest BCUT2D eigenvalue weighted by Gasteiger charge is -2.36. The van der Waals surface area contributed by atoms with Crippen molar-refractivity contribution in [2.45, 2.75) is 44.8 Å². The van der Waals surface area contributed by atoms with Crippen molar-refractivity contribution < 1.29 is 15.0 Å². The Morgan fingerprint density at radius 3 is 2.30 bits per heavy atom. The van der Waals surface area contributed by atoms with Crippen molar-refractivity contribution in [2.75, 3.05) is 26.2 Å². The summed E-state index contributed by atoms with van der Waals surface area (Å²) >= 11 is 0. The van der Waals surface area contributed by atoms with Crippen LogP contribution in [0.3, 0.4) is 0 Å². The first-order valence-corrected chi connectivity index (χ1v) is 7.86. The van der Waals surface area contributed by atoms with Gasteiger partial charge in [-0.05, 0) is 51.0 Å². The highest BCUT2D eigenvalue weighted by molar-refractivity contribution is 5.83. The first-order valence-electron chi connectivity index (χ1n) is 7.86. The summed E-state index contributed by atoms with van der Waals surface area (Å²) in [5.74, 6) is 0.970. The average molecular weight is 282 g/mol. The fourth-order valence-electron chi connectivity index (χ4n) is 4.19. The molecule has 0 radical (unpaired) electrons. The molecule has 0 aromatic carbocycles. The maximum Gasteiger partial charge on any atom is 0.229 e. The predicted octanol–water partition coefficient (Wildman–Crippen LogP) is -0.0337. The highest BCUT2D eigenvalue weighted by atomic mass is 16.3. The molecule has 1 saturated carbocycles. The molecule has 0 spiro atoms. The van der Waals surface area contributed by atoms with Crippen molar-refractivity contribution in [1.82, 2.24) is 10.2 Å². The van der Waals surface area contributed by atoms with Gasteiger partial charge in [-0.1, -0.05) is 0 Å². The fraction of sp³-hybridized carbons (Fsp3) is 0.933. The summed E-state index contributed by atoms with van der Waals surface area (Å²) in [7, 11) is 0. The van der Waals surface area contributed by atoms with E-state index in [0.29, 0.717) is 24.7 Å². The van der Waals surface area contributed by atoms with Crippen LogP contribution >= 0.6 is 0 Å². The Morgan fingerprint density at radius 2 is 1.80 bits per heavy atom. The number of rotatable bonds is 1. The number of aliphatic hydroxyl groups excluding tert-OH is 2. The third kappa shape index (κ3) is 2.47. The van der Waals surface area contributed by atoms with Gasteiger partial charge in [-0.2, -0.15) is 0 Å². The standard InChI is InChI=1S/C15H26N2O3/c1-15(3-2-4-16-9-15)14(20)17-7-10-5-12(18)13(19)6-11(10)8-17/h10-13,16,18-19H,2-9H2,1H3. The minimum atomic E-state index is -0.613. The molecule has 3 fully saturated rings. The average Bonchev–Trinajstić information content (AvgIpc) is 2.82. The Kier molecular flexibility index (Phi) is 3.77. The molecule has 3 rings (SSSR count). The summed E-state index contributed by atoms with van der Waals surface area (Å²) in [5.41, 5.74) is -0.275. The summed E-state index contributed by atoms with van der Waals surface area (Å²) < 4.78 is 0. The Bertz CT molecular complexity index is 363. The van der Waals surface area contributed by atoms with Crippen LogP contribution in [0.1, 0.15) is 32.6 Å². The van der Waals surface area contributed by atoms with Gasteiger partial charge < -0.3 is 20.4 Å². The van der Waals surface area contributed by atoms with Gasteiger partial charge in [0.25, 0.3) is 0 Å². The molecule has 3 aliphatic rings. The molecule has 5 heteroatoms.